The van der Waals surface area contributed by atoms with Gasteiger partial charge < -0.3 is 15.5 Å². The highest BCUT2D eigenvalue weighted by Gasteiger charge is 2.27. The molecule has 3 heterocycles. The van der Waals surface area contributed by atoms with Gasteiger partial charge in [0.15, 0.2) is 5.58 Å². The minimum Gasteiger partial charge on any atom is -0.462 e. The summed E-state index contributed by atoms with van der Waals surface area (Å²) in [6.07, 6.45) is 8.26. The van der Waals surface area contributed by atoms with Gasteiger partial charge >= 0.3 is 0 Å². The van der Waals surface area contributed by atoms with Crippen molar-refractivity contribution >= 4 is 22.7 Å². The van der Waals surface area contributed by atoms with Crippen molar-refractivity contribution in [3.8, 4) is 0 Å². The van der Waals surface area contributed by atoms with E-state index in [9.17, 15) is 4.79 Å². The molecule has 1 aliphatic rings. The Hall–Kier alpha value is -2.73. The number of pyridine rings is 2. The van der Waals surface area contributed by atoms with Crippen LogP contribution in [-0.4, -0.2) is 21.9 Å². The largest absolute Gasteiger partial charge is 0.462 e. The van der Waals surface area contributed by atoms with Crippen molar-refractivity contribution in [2.24, 2.45) is 11.7 Å². The number of fused-ring (bicyclic) bond motifs is 1. The van der Waals surface area contributed by atoms with E-state index in [4.69, 9.17) is 10.2 Å². The van der Waals surface area contributed by atoms with Crippen LogP contribution >= 0.6 is 0 Å². The summed E-state index contributed by atoms with van der Waals surface area (Å²) in [5.41, 5.74) is 10.9. The third-order valence-corrected chi connectivity index (χ3v) is 5.82. The summed E-state index contributed by atoms with van der Waals surface area (Å²) >= 11 is 0. The molecule has 1 fully saturated rings. The average molecular weight is 393 g/mol. The smallest absolute Gasteiger partial charge is 0.274 e. The van der Waals surface area contributed by atoms with Crippen molar-refractivity contribution < 1.29 is 9.21 Å². The van der Waals surface area contributed by atoms with Gasteiger partial charge in [-0.15, -0.1) is 0 Å². The predicted octanol–water partition coefficient (Wildman–Crippen LogP) is 4.83. The van der Waals surface area contributed by atoms with E-state index in [0.29, 0.717) is 23.1 Å². The molecule has 0 aromatic carbocycles. The number of carbonyl (C=O) groups is 1. The van der Waals surface area contributed by atoms with Crippen LogP contribution in [0, 0.1) is 5.92 Å². The van der Waals surface area contributed by atoms with Crippen molar-refractivity contribution in [3.05, 3.63) is 53.7 Å². The third kappa shape index (κ3) is 4.03. The van der Waals surface area contributed by atoms with Crippen molar-refractivity contribution in [3.63, 3.8) is 0 Å². The number of rotatable bonds is 4. The lowest BCUT2D eigenvalue weighted by Gasteiger charge is -2.32. The van der Waals surface area contributed by atoms with Gasteiger partial charge in [0.2, 0.25) is 0 Å². The number of aromatic nitrogens is 2. The molecule has 3 aromatic heterocycles. The van der Waals surface area contributed by atoms with Gasteiger partial charge in [0.25, 0.3) is 5.91 Å². The van der Waals surface area contributed by atoms with Crippen LogP contribution in [0.2, 0.25) is 0 Å². The summed E-state index contributed by atoms with van der Waals surface area (Å²) in [5.74, 6) is 0.915. The summed E-state index contributed by atoms with van der Waals surface area (Å²) < 4.78 is 5.57. The number of carbonyl (C=O) groups excluding carboxylic acids is 1. The van der Waals surface area contributed by atoms with Gasteiger partial charge in [-0.1, -0.05) is 20.8 Å². The molecule has 152 valence electrons. The van der Waals surface area contributed by atoms with Gasteiger partial charge in [-0.05, 0) is 60.8 Å². The second-order valence-corrected chi connectivity index (χ2v) is 8.58. The van der Waals surface area contributed by atoms with Crippen molar-refractivity contribution in [1.29, 1.82) is 0 Å². The highest BCUT2D eigenvalue weighted by atomic mass is 16.3. The predicted molar refractivity (Wildman–Crippen MR) is 114 cm³/mol. The molecule has 0 saturated heterocycles. The number of anilines is 1. The zero-order valence-corrected chi connectivity index (χ0v) is 17.2. The van der Waals surface area contributed by atoms with E-state index in [1.807, 2.05) is 6.07 Å². The Bertz CT molecular complexity index is 1020. The first-order valence-electron chi connectivity index (χ1n) is 10.3. The maximum atomic E-state index is 13.0. The molecular weight excluding hydrogens is 364 g/mol. The van der Waals surface area contributed by atoms with Crippen LogP contribution in [0.3, 0.4) is 0 Å². The molecule has 3 aromatic rings. The SMILES string of the molecule is CC(C)c1coc2ccc(C(=O)Nc3cnccc3[C@H]3C[C@@H](C)C[C@H](N)C3)nc12. The maximum absolute atomic E-state index is 13.0. The van der Waals surface area contributed by atoms with Gasteiger partial charge in [-0.25, -0.2) is 4.98 Å². The molecule has 29 heavy (non-hydrogen) atoms. The summed E-state index contributed by atoms with van der Waals surface area (Å²) in [7, 11) is 0. The minimum atomic E-state index is -0.245. The summed E-state index contributed by atoms with van der Waals surface area (Å²) in [6.45, 7) is 6.40. The first-order chi connectivity index (χ1) is 13.9. The van der Waals surface area contributed by atoms with Crippen LogP contribution in [0.4, 0.5) is 5.69 Å². The standard InChI is InChI=1S/C23H28N4O2/c1-13(2)18-12-29-21-5-4-19(26-22(18)21)23(28)27-20-11-25-7-6-17(20)15-8-14(3)9-16(24)10-15/h4-7,11-16H,8-10,24H2,1-3H3,(H,27,28)/t14-,15+,16+/m1/s1. The normalized spacial score (nSPS) is 22.2. The maximum Gasteiger partial charge on any atom is 0.274 e. The lowest BCUT2D eigenvalue weighted by Crippen LogP contribution is -2.31. The molecule has 0 bridgehead atoms. The van der Waals surface area contributed by atoms with Crippen molar-refractivity contribution in [2.45, 2.75) is 57.9 Å². The molecule has 4 rings (SSSR count). The fourth-order valence-corrected chi connectivity index (χ4v) is 4.43. The van der Waals surface area contributed by atoms with E-state index < -0.39 is 0 Å². The van der Waals surface area contributed by atoms with Gasteiger partial charge in [0.05, 0.1) is 18.1 Å². The van der Waals surface area contributed by atoms with Gasteiger partial charge in [-0.3, -0.25) is 9.78 Å². The molecule has 0 unspecified atom stereocenters. The Morgan fingerprint density at radius 2 is 2.07 bits per heavy atom. The van der Waals surface area contributed by atoms with Crippen LogP contribution < -0.4 is 11.1 Å². The van der Waals surface area contributed by atoms with Crippen LogP contribution in [0.15, 0.2) is 41.3 Å². The molecule has 6 heteroatoms. The Balaban J connectivity index is 1.61. The van der Waals surface area contributed by atoms with Crippen molar-refractivity contribution in [2.75, 3.05) is 5.32 Å². The Morgan fingerprint density at radius 1 is 1.24 bits per heavy atom. The lowest BCUT2D eigenvalue weighted by atomic mass is 9.76. The van der Waals surface area contributed by atoms with E-state index >= 15 is 0 Å². The minimum absolute atomic E-state index is 0.195. The summed E-state index contributed by atoms with van der Waals surface area (Å²) in [5, 5.41) is 3.02. The number of amides is 1. The average Bonchev–Trinajstić information content (AvgIpc) is 3.11. The summed E-state index contributed by atoms with van der Waals surface area (Å²) in [4.78, 5) is 21.8. The molecule has 0 spiro atoms. The molecular formula is C23H28N4O2. The second kappa shape index (κ2) is 7.95. The Morgan fingerprint density at radius 3 is 2.83 bits per heavy atom. The zero-order valence-electron chi connectivity index (χ0n) is 17.2. The van der Waals surface area contributed by atoms with Gasteiger partial charge in [0, 0.05) is 17.8 Å². The van der Waals surface area contributed by atoms with E-state index in [2.05, 4.69) is 36.1 Å². The van der Waals surface area contributed by atoms with E-state index in [1.54, 1.807) is 30.8 Å². The number of nitrogens with one attached hydrogen (secondary N) is 1. The number of nitrogens with zero attached hydrogens (tertiary/aromatic N) is 2. The third-order valence-electron chi connectivity index (χ3n) is 5.82. The first-order valence-corrected chi connectivity index (χ1v) is 10.3. The topological polar surface area (TPSA) is 94.0 Å². The number of hydrogen-bond acceptors (Lipinski definition) is 5. The van der Waals surface area contributed by atoms with Crippen LogP contribution in [-0.2, 0) is 0 Å². The zero-order chi connectivity index (χ0) is 20.5. The molecule has 1 aliphatic carbocycles. The molecule has 3 N–H and O–H groups in total. The molecule has 1 amide bonds. The molecule has 6 nitrogen and oxygen atoms in total. The Kier molecular flexibility index (Phi) is 5.37. The Labute approximate surface area is 170 Å². The lowest BCUT2D eigenvalue weighted by molar-refractivity contribution is 0.102. The van der Waals surface area contributed by atoms with Crippen LogP contribution in [0.1, 0.15) is 73.5 Å². The summed E-state index contributed by atoms with van der Waals surface area (Å²) in [6, 6.07) is 5.68. The molecule has 3 atom stereocenters. The number of furan rings is 1. The van der Waals surface area contributed by atoms with Gasteiger partial charge in [-0.2, -0.15) is 0 Å². The van der Waals surface area contributed by atoms with Gasteiger partial charge in [0.1, 0.15) is 11.2 Å². The molecule has 0 radical (unpaired) electrons. The first kappa shape index (κ1) is 19.6. The fraction of sp³-hybridized carbons (Fsp3) is 0.435. The molecule has 1 saturated carbocycles. The van der Waals surface area contributed by atoms with E-state index in [-0.39, 0.29) is 17.9 Å². The van der Waals surface area contributed by atoms with Crippen LogP contribution in [0.25, 0.3) is 11.1 Å². The number of nitrogens with two attached hydrogens (primary N) is 1. The number of hydrogen-bond donors (Lipinski definition) is 2. The highest BCUT2D eigenvalue weighted by Crippen LogP contribution is 2.38. The second-order valence-electron chi connectivity index (χ2n) is 8.58. The quantitative estimate of drug-likeness (QED) is 0.663. The highest BCUT2D eigenvalue weighted by molar-refractivity contribution is 6.04. The monoisotopic (exact) mass is 392 g/mol. The van der Waals surface area contributed by atoms with Crippen molar-refractivity contribution in [1.82, 2.24) is 9.97 Å². The van der Waals surface area contributed by atoms with E-state index in [0.717, 1.165) is 41.6 Å². The fourth-order valence-electron chi connectivity index (χ4n) is 4.43. The van der Waals surface area contributed by atoms with Crippen LogP contribution in [0.5, 0.6) is 0 Å². The van der Waals surface area contributed by atoms with E-state index in [1.165, 1.54) is 0 Å². The molecule has 0 aliphatic heterocycles.